The lowest BCUT2D eigenvalue weighted by molar-refractivity contribution is -0.114. The summed E-state index contributed by atoms with van der Waals surface area (Å²) < 4.78 is 5.18. The lowest BCUT2D eigenvalue weighted by Gasteiger charge is -2.35. The molecule has 0 fully saturated rings. The Labute approximate surface area is 153 Å². The van der Waals surface area contributed by atoms with Crippen molar-refractivity contribution in [2.45, 2.75) is 26.4 Å². The van der Waals surface area contributed by atoms with E-state index in [1.165, 1.54) is 6.92 Å². The highest BCUT2D eigenvalue weighted by atomic mass is 16.5. The van der Waals surface area contributed by atoms with Crippen LogP contribution in [0.15, 0.2) is 65.9 Å². The molecule has 134 valence electrons. The second kappa shape index (κ2) is 7.44. The van der Waals surface area contributed by atoms with Crippen molar-refractivity contribution in [3.05, 3.63) is 77.0 Å². The highest BCUT2D eigenvalue weighted by Crippen LogP contribution is 2.32. The highest BCUT2D eigenvalue weighted by molar-refractivity contribution is 5.98. The summed E-state index contributed by atoms with van der Waals surface area (Å²) in [6.45, 7) is 3.78. The number of nitrogens with one attached hydrogen (secondary N) is 1. The zero-order valence-corrected chi connectivity index (χ0v) is 15.2. The summed E-state index contributed by atoms with van der Waals surface area (Å²) in [7, 11) is 1.60. The molecule has 5 heteroatoms. The molecule has 1 atom stereocenters. The van der Waals surface area contributed by atoms with Crippen molar-refractivity contribution in [1.29, 1.82) is 0 Å². The minimum Gasteiger partial charge on any atom is -0.497 e. The third-order valence-electron chi connectivity index (χ3n) is 4.61. The molecule has 1 aliphatic heterocycles. The smallest absolute Gasteiger partial charge is 0.322 e. The van der Waals surface area contributed by atoms with E-state index in [0.29, 0.717) is 17.8 Å². The molecule has 1 heterocycles. The standard InChI is InChI=1S/C21H22N2O3/c1-14-19(15(2)24)20(17-9-11-18(26-3)12-10-17)22-21(25)23(14)13-16-7-5-4-6-8-16/h4-12,20H,13H2,1-3H3,(H,22,25). The fourth-order valence-electron chi connectivity index (χ4n) is 3.24. The maximum Gasteiger partial charge on any atom is 0.322 e. The molecule has 2 amide bonds. The molecule has 1 unspecified atom stereocenters. The number of nitrogens with zero attached hydrogens (tertiary/aromatic N) is 1. The Kier molecular flexibility index (Phi) is 5.07. The minimum absolute atomic E-state index is 0.0543. The van der Waals surface area contributed by atoms with Gasteiger partial charge in [-0.1, -0.05) is 42.5 Å². The molecule has 0 saturated heterocycles. The topological polar surface area (TPSA) is 58.6 Å². The van der Waals surface area contributed by atoms with Crippen molar-refractivity contribution >= 4 is 11.8 Å². The molecule has 0 bridgehead atoms. The number of Topliss-reactive ketones (excluding diaryl/α,β-unsaturated/α-hetero) is 1. The van der Waals surface area contributed by atoms with Crippen LogP contribution in [0.2, 0.25) is 0 Å². The van der Waals surface area contributed by atoms with E-state index in [0.717, 1.165) is 16.9 Å². The number of rotatable bonds is 5. The van der Waals surface area contributed by atoms with Crippen LogP contribution in [0.3, 0.4) is 0 Å². The van der Waals surface area contributed by atoms with E-state index < -0.39 is 6.04 Å². The monoisotopic (exact) mass is 350 g/mol. The largest absolute Gasteiger partial charge is 0.497 e. The third kappa shape index (κ3) is 3.47. The molecule has 0 spiro atoms. The predicted octanol–water partition coefficient (Wildman–Crippen LogP) is 3.82. The van der Waals surface area contributed by atoms with Gasteiger partial charge in [0.2, 0.25) is 0 Å². The van der Waals surface area contributed by atoms with Gasteiger partial charge in [-0.15, -0.1) is 0 Å². The van der Waals surface area contributed by atoms with E-state index in [2.05, 4.69) is 5.32 Å². The highest BCUT2D eigenvalue weighted by Gasteiger charge is 2.34. The molecule has 2 aromatic carbocycles. The molecule has 2 aromatic rings. The van der Waals surface area contributed by atoms with Gasteiger partial charge >= 0.3 is 6.03 Å². The average Bonchev–Trinajstić information content (AvgIpc) is 2.65. The van der Waals surface area contributed by atoms with Gasteiger partial charge < -0.3 is 10.1 Å². The van der Waals surface area contributed by atoms with Crippen LogP contribution in [0, 0.1) is 0 Å². The van der Waals surface area contributed by atoms with E-state index in [-0.39, 0.29) is 11.8 Å². The number of urea groups is 1. The SMILES string of the molecule is COc1ccc(C2NC(=O)N(Cc3ccccc3)C(C)=C2C(C)=O)cc1. The molecule has 1 N–H and O–H groups in total. The molecule has 0 aliphatic carbocycles. The number of ketones is 1. The maximum absolute atomic E-state index is 12.7. The van der Waals surface area contributed by atoms with E-state index >= 15 is 0 Å². The summed E-state index contributed by atoms with van der Waals surface area (Å²) in [5.74, 6) is 0.674. The third-order valence-corrected chi connectivity index (χ3v) is 4.61. The molecule has 3 rings (SSSR count). The Morgan fingerprint density at radius 1 is 1.12 bits per heavy atom. The normalized spacial score (nSPS) is 17.1. The van der Waals surface area contributed by atoms with Crippen molar-refractivity contribution in [3.8, 4) is 5.75 Å². The minimum atomic E-state index is -0.460. The van der Waals surface area contributed by atoms with Crippen molar-refractivity contribution in [3.63, 3.8) is 0 Å². The molecular formula is C21H22N2O3. The Morgan fingerprint density at radius 2 is 1.77 bits per heavy atom. The fraction of sp³-hybridized carbons (Fsp3) is 0.238. The zero-order valence-electron chi connectivity index (χ0n) is 15.2. The van der Waals surface area contributed by atoms with E-state index in [4.69, 9.17) is 4.74 Å². The number of hydrogen-bond acceptors (Lipinski definition) is 3. The second-order valence-electron chi connectivity index (χ2n) is 6.28. The first-order valence-electron chi connectivity index (χ1n) is 8.49. The van der Waals surface area contributed by atoms with Crippen LogP contribution < -0.4 is 10.1 Å². The molecule has 26 heavy (non-hydrogen) atoms. The first-order valence-corrected chi connectivity index (χ1v) is 8.49. The molecular weight excluding hydrogens is 328 g/mol. The summed E-state index contributed by atoms with van der Waals surface area (Å²) in [5.41, 5.74) is 3.15. The summed E-state index contributed by atoms with van der Waals surface area (Å²) in [4.78, 5) is 26.7. The van der Waals surface area contributed by atoms with Gasteiger partial charge in [0.1, 0.15) is 5.75 Å². The van der Waals surface area contributed by atoms with E-state index in [1.54, 1.807) is 12.0 Å². The van der Waals surface area contributed by atoms with E-state index in [1.807, 2.05) is 61.5 Å². The number of hydrogen-bond donors (Lipinski definition) is 1. The molecule has 5 nitrogen and oxygen atoms in total. The van der Waals surface area contributed by atoms with Crippen LogP contribution in [-0.4, -0.2) is 23.8 Å². The van der Waals surface area contributed by atoms with Crippen LogP contribution in [0.4, 0.5) is 4.79 Å². The summed E-state index contributed by atoms with van der Waals surface area (Å²) in [6.07, 6.45) is 0. The van der Waals surface area contributed by atoms with Gasteiger partial charge in [-0.3, -0.25) is 9.69 Å². The second-order valence-corrected chi connectivity index (χ2v) is 6.28. The number of ether oxygens (including phenoxy) is 1. The number of carbonyl (C=O) groups is 2. The molecule has 1 aliphatic rings. The van der Waals surface area contributed by atoms with E-state index in [9.17, 15) is 9.59 Å². The number of methoxy groups -OCH3 is 1. The van der Waals surface area contributed by atoms with Crippen LogP contribution in [-0.2, 0) is 11.3 Å². The lowest BCUT2D eigenvalue weighted by Crippen LogP contribution is -2.47. The summed E-state index contributed by atoms with van der Waals surface area (Å²) in [6, 6.07) is 16.4. The number of carbonyl (C=O) groups excluding carboxylic acids is 2. The van der Waals surface area contributed by atoms with Crippen LogP contribution in [0.25, 0.3) is 0 Å². The van der Waals surface area contributed by atoms with Crippen LogP contribution in [0.1, 0.15) is 31.0 Å². The van der Waals surface area contributed by atoms with Crippen molar-refractivity contribution in [2.24, 2.45) is 0 Å². The zero-order chi connectivity index (χ0) is 18.7. The van der Waals surface area contributed by atoms with Gasteiger partial charge in [0.05, 0.1) is 19.7 Å². The molecule has 0 aromatic heterocycles. The number of benzene rings is 2. The first-order chi connectivity index (χ1) is 12.5. The van der Waals surface area contributed by atoms with Crippen LogP contribution in [0.5, 0.6) is 5.75 Å². The number of amides is 2. The average molecular weight is 350 g/mol. The Balaban J connectivity index is 1.98. The van der Waals surface area contributed by atoms with Crippen LogP contribution >= 0.6 is 0 Å². The lowest BCUT2D eigenvalue weighted by atomic mass is 9.92. The van der Waals surface area contributed by atoms with Gasteiger partial charge in [0, 0.05) is 11.3 Å². The van der Waals surface area contributed by atoms with Gasteiger partial charge in [-0.2, -0.15) is 0 Å². The van der Waals surface area contributed by atoms with Crippen molar-refractivity contribution in [2.75, 3.05) is 7.11 Å². The van der Waals surface area contributed by atoms with Crippen molar-refractivity contribution < 1.29 is 14.3 Å². The maximum atomic E-state index is 12.7. The Bertz CT molecular complexity index is 841. The Hall–Kier alpha value is -3.08. The molecule has 0 saturated carbocycles. The first kappa shape index (κ1) is 17.7. The van der Waals surface area contributed by atoms with Gasteiger partial charge in [0.15, 0.2) is 5.78 Å². The van der Waals surface area contributed by atoms with Gasteiger partial charge in [-0.25, -0.2) is 4.79 Å². The molecule has 0 radical (unpaired) electrons. The predicted molar refractivity (Wildman–Crippen MR) is 99.6 cm³/mol. The number of allylic oxidation sites excluding steroid dienone is 1. The quantitative estimate of drug-likeness (QED) is 0.892. The van der Waals surface area contributed by atoms with Gasteiger partial charge in [-0.05, 0) is 37.1 Å². The van der Waals surface area contributed by atoms with Crippen molar-refractivity contribution in [1.82, 2.24) is 10.2 Å². The van der Waals surface area contributed by atoms with Gasteiger partial charge in [0.25, 0.3) is 0 Å². The Morgan fingerprint density at radius 3 is 2.35 bits per heavy atom. The summed E-state index contributed by atoms with van der Waals surface area (Å²) >= 11 is 0. The fourth-order valence-corrected chi connectivity index (χ4v) is 3.24. The summed E-state index contributed by atoms with van der Waals surface area (Å²) in [5, 5.41) is 2.97.